The minimum absolute atomic E-state index is 0.0166. The molecule has 0 bridgehead atoms. The van der Waals surface area contributed by atoms with Gasteiger partial charge in [0.2, 0.25) is 5.91 Å². The van der Waals surface area contributed by atoms with Crippen LogP contribution in [0.15, 0.2) is 24.3 Å². The van der Waals surface area contributed by atoms with Crippen LogP contribution in [0.5, 0.6) is 5.75 Å². The summed E-state index contributed by atoms with van der Waals surface area (Å²) in [4.78, 5) is 11.7. The number of hydrogen-bond acceptors (Lipinski definition) is 2. The molecule has 1 amide bonds. The van der Waals surface area contributed by atoms with Gasteiger partial charge in [0, 0.05) is 6.42 Å². The van der Waals surface area contributed by atoms with Gasteiger partial charge in [-0.15, -0.1) is 0 Å². The summed E-state index contributed by atoms with van der Waals surface area (Å²) in [6.45, 7) is 0.592. The maximum atomic E-state index is 12.4. The van der Waals surface area contributed by atoms with E-state index in [1.165, 1.54) is 25.0 Å². The van der Waals surface area contributed by atoms with Gasteiger partial charge in [-0.05, 0) is 43.0 Å². The van der Waals surface area contributed by atoms with E-state index in [0.29, 0.717) is 24.6 Å². The van der Waals surface area contributed by atoms with Gasteiger partial charge in [0.15, 0.2) is 0 Å². The Morgan fingerprint density at radius 1 is 1.18 bits per heavy atom. The molecule has 0 radical (unpaired) electrons. The Morgan fingerprint density at radius 2 is 1.82 bits per heavy atom. The highest BCUT2D eigenvalue weighted by Crippen LogP contribution is 2.30. The molecule has 0 aromatic heterocycles. The van der Waals surface area contributed by atoms with E-state index in [2.05, 4.69) is 5.32 Å². The number of hydrogen-bond donors (Lipinski definition) is 1. The van der Waals surface area contributed by atoms with Crippen LogP contribution in [0.25, 0.3) is 0 Å². The van der Waals surface area contributed by atoms with E-state index in [1.54, 1.807) is 0 Å². The average molecular weight is 315 g/mol. The zero-order valence-electron chi connectivity index (χ0n) is 12.3. The van der Waals surface area contributed by atoms with E-state index >= 15 is 0 Å². The van der Waals surface area contributed by atoms with Crippen LogP contribution in [0, 0.1) is 5.92 Å². The quantitative estimate of drug-likeness (QED) is 0.811. The summed E-state index contributed by atoms with van der Waals surface area (Å²) < 4.78 is 42.5. The summed E-state index contributed by atoms with van der Waals surface area (Å²) in [7, 11) is 0. The molecule has 1 aliphatic rings. The minimum Gasteiger partial charge on any atom is -0.492 e. The number of rotatable bonds is 6. The summed E-state index contributed by atoms with van der Waals surface area (Å²) >= 11 is 0. The SMILES string of the molecule is O=C(CC1CCCC1)NCCOc1ccc(C(F)(F)F)cc1. The van der Waals surface area contributed by atoms with Crippen LogP contribution in [0.2, 0.25) is 0 Å². The molecule has 1 fully saturated rings. The van der Waals surface area contributed by atoms with Crippen molar-refractivity contribution in [3.63, 3.8) is 0 Å². The van der Waals surface area contributed by atoms with Gasteiger partial charge in [-0.2, -0.15) is 13.2 Å². The second-order valence-corrected chi connectivity index (χ2v) is 5.58. The Bertz CT molecular complexity index is 479. The van der Waals surface area contributed by atoms with Crippen LogP contribution in [-0.2, 0) is 11.0 Å². The van der Waals surface area contributed by atoms with E-state index in [4.69, 9.17) is 4.74 Å². The second kappa shape index (κ2) is 7.51. The van der Waals surface area contributed by atoms with E-state index in [1.807, 2.05) is 0 Å². The molecule has 0 saturated heterocycles. The molecule has 22 heavy (non-hydrogen) atoms. The first-order valence-electron chi connectivity index (χ1n) is 7.52. The Morgan fingerprint density at radius 3 is 2.41 bits per heavy atom. The van der Waals surface area contributed by atoms with Gasteiger partial charge in [-0.25, -0.2) is 0 Å². The van der Waals surface area contributed by atoms with Crippen LogP contribution in [-0.4, -0.2) is 19.1 Å². The van der Waals surface area contributed by atoms with Gasteiger partial charge in [-0.1, -0.05) is 12.8 Å². The Balaban J connectivity index is 1.64. The molecule has 1 aromatic carbocycles. The number of ether oxygens (including phenoxy) is 1. The number of carbonyl (C=O) groups is 1. The van der Waals surface area contributed by atoms with Gasteiger partial charge >= 0.3 is 6.18 Å². The molecule has 122 valence electrons. The maximum Gasteiger partial charge on any atom is 0.416 e. The number of carbonyl (C=O) groups excluding carboxylic acids is 1. The van der Waals surface area contributed by atoms with Crippen molar-refractivity contribution in [2.24, 2.45) is 5.92 Å². The molecule has 1 N–H and O–H groups in total. The van der Waals surface area contributed by atoms with Crippen LogP contribution < -0.4 is 10.1 Å². The largest absolute Gasteiger partial charge is 0.492 e. The van der Waals surface area contributed by atoms with Crippen LogP contribution in [0.1, 0.15) is 37.7 Å². The molecule has 1 saturated carbocycles. The summed E-state index contributed by atoms with van der Waals surface area (Å²) in [5, 5.41) is 2.77. The third-order valence-electron chi connectivity index (χ3n) is 3.82. The molecular weight excluding hydrogens is 295 g/mol. The van der Waals surface area contributed by atoms with E-state index in [0.717, 1.165) is 25.0 Å². The number of benzene rings is 1. The van der Waals surface area contributed by atoms with Crippen LogP contribution in [0.4, 0.5) is 13.2 Å². The zero-order valence-corrected chi connectivity index (χ0v) is 12.3. The molecule has 3 nitrogen and oxygen atoms in total. The minimum atomic E-state index is -4.34. The number of amides is 1. The van der Waals surface area contributed by atoms with Crippen molar-refractivity contribution in [3.8, 4) is 5.75 Å². The van der Waals surface area contributed by atoms with Crippen molar-refractivity contribution in [2.75, 3.05) is 13.2 Å². The fourth-order valence-electron chi connectivity index (χ4n) is 2.65. The Kier molecular flexibility index (Phi) is 5.69. The van der Waals surface area contributed by atoms with Crippen molar-refractivity contribution >= 4 is 5.91 Å². The Hall–Kier alpha value is -1.72. The molecule has 0 unspecified atom stereocenters. The smallest absolute Gasteiger partial charge is 0.416 e. The third kappa shape index (κ3) is 5.24. The highest BCUT2D eigenvalue weighted by Gasteiger charge is 2.30. The summed E-state index contributed by atoms with van der Waals surface area (Å²) in [6, 6.07) is 4.52. The first-order chi connectivity index (χ1) is 10.4. The lowest BCUT2D eigenvalue weighted by molar-refractivity contribution is -0.137. The molecule has 0 spiro atoms. The zero-order chi connectivity index (χ0) is 16.0. The van der Waals surface area contributed by atoms with E-state index < -0.39 is 11.7 Å². The molecule has 1 aromatic rings. The standard InChI is InChI=1S/C16H20F3NO2/c17-16(18,19)13-5-7-14(8-6-13)22-10-9-20-15(21)11-12-3-1-2-4-12/h5-8,12H,1-4,9-11H2,(H,20,21). The first-order valence-corrected chi connectivity index (χ1v) is 7.52. The predicted molar refractivity (Wildman–Crippen MR) is 76.5 cm³/mol. The lowest BCUT2D eigenvalue weighted by Crippen LogP contribution is -2.29. The molecule has 0 heterocycles. The lowest BCUT2D eigenvalue weighted by atomic mass is 10.0. The van der Waals surface area contributed by atoms with Crippen LogP contribution >= 0.6 is 0 Å². The normalized spacial score (nSPS) is 15.8. The van der Waals surface area contributed by atoms with Crippen LogP contribution in [0.3, 0.4) is 0 Å². The van der Waals surface area contributed by atoms with Gasteiger partial charge in [0.1, 0.15) is 12.4 Å². The van der Waals surface area contributed by atoms with Crippen molar-refractivity contribution in [1.82, 2.24) is 5.32 Å². The second-order valence-electron chi connectivity index (χ2n) is 5.58. The summed E-state index contributed by atoms with van der Waals surface area (Å²) in [5.74, 6) is 0.872. The highest BCUT2D eigenvalue weighted by atomic mass is 19.4. The molecule has 6 heteroatoms. The number of alkyl halides is 3. The van der Waals surface area contributed by atoms with Gasteiger partial charge in [0.05, 0.1) is 12.1 Å². The fourth-order valence-corrected chi connectivity index (χ4v) is 2.65. The van der Waals surface area contributed by atoms with E-state index in [9.17, 15) is 18.0 Å². The lowest BCUT2D eigenvalue weighted by Gasteiger charge is -2.11. The van der Waals surface area contributed by atoms with Crippen molar-refractivity contribution in [3.05, 3.63) is 29.8 Å². The fraction of sp³-hybridized carbons (Fsp3) is 0.562. The Labute approximate surface area is 127 Å². The predicted octanol–water partition coefficient (Wildman–Crippen LogP) is 3.78. The molecule has 1 aliphatic carbocycles. The van der Waals surface area contributed by atoms with Crippen molar-refractivity contribution < 1.29 is 22.7 Å². The topological polar surface area (TPSA) is 38.3 Å². The monoisotopic (exact) mass is 315 g/mol. The molecular formula is C16H20F3NO2. The third-order valence-corrected chi connectivity index (χ3v) is 3.82. The molecule has 0 atom stereocenters. The van der Waals surface area contributed by atoms with Crippen molar-refractivity contribution in [1.29, 1.82) is 0 Å². The molecule has 0 aliphatic heterocycles. The summed E-state index contributed by atoms with van der Waals surface area (Å²) in [6.07, 6.45) is 0.863. The highest BCUT2D eigenvalue weighted by molar-refractivity contribution is 5.76. The van der Waals surface area contributed by atoms with Gasteiger partial charge in [-0.3, -0.25) is 4.79 Å². The van der Waals surface area contributed by atoms with E-state index in [-0.39, 0.29) is 12.5 Å². The van der Waals surface area contributed by atoms with Gasteiger partial charge in [0.25, 0.3) is 0 Å². The van der Waals surface area contributed by atoms with Gasteiger partial charge < -0.3 is 10.1 Å². The maximum absolute atomic E-state index is 12.4. The molecule has 2 rings (SSSR count). The van der Waals surface area contributed by atoms with Crippen molar-refractivity contribution in [2.45, 2.75) is 38.3 Å². The number of halogens is 3. The number of nitrogens with one attached hydrogen (secondary N) is 1. The summed E-state index contributed by atoms with van der Waals surface area (Å²) in [5.41, 5.74) is -0.704. The first kappa shape index (κ1) is 16.6. The average Bonchev–Trinajstić information content (AvgIpc) is 2.96.